The fraction of sp³-hybridized carbons (Fsp3) is 0.455. The molecule has 0 fully saturated rings. The summed E-state index contributed by atoms with van der Waals surface area (Å²) in [7, 11) is 1.78. The van der Waals surface area contributed by atoms with Crippen LogP contribution in [0.5, 0.6) is 0 Å². The van der Waals surface area contributed by atoms with E-state index in [0.717, 1.165) is 25.5 Å². The molecule has 0 aliphatic heterocycles. The molecule has 1 rings (SSSR count). The lowest BCUT2D eigenvalue weighted by molar-refractivity contribution is 0.585. The molecule has 1 aromatic carbocycles. The van der Waals surface area contributed by atoms with Crippen molar-refractivity contribution < 1.29 is 8.78 Å². The van der Waals surface area contributed by atoms with Crippen molar-refractivity contribution in [2.45, 2.75) is 19.8 Å². The topological polar surface area (TPSA) is 29.3 Å². The van der Waals surface area contributed by atoms with E-state index in [2.05, 4.69) is 6.92 Å². The van der Waals surface area contributed by atoms with Crippen LogP contribution in [0.4, 0.5) is 20.2 Å². The van der Waals surface area contributed by atoms with Gasteiger partial charge in [-0.3, -0.25) is 0 Å². The molecule has 0 saturated carbocycles. The molecule has 0 spiro atoms. The summed E-state index contributed by atoms with van der Waals surface area (Å²) in [5.74, 6) is -1.30. The van der Waals surface area contributed by atoms with Gasteiger partial charge in [-0.1, -0.05) is 13.3 Å². The third kappa shape index (κ3) is 2.81. The second-order valence-corrected chi connectivity index (χ2v) is 3.60. The van der Waals surface area contributed by atoms with Gasteiger partial charge in [0, 0.05) is 19.7 Å². The Morgan fingerprint density at radius 3 is 2.60 bits per heavy atom. The molecule has 84 valence electrons. The first-order valence-electron chi connectivity index (χ1n) is 5.02. The molecule has 4 heteroatoms. The zero-order valence-corrected chi connectivity index (χ0v) is 9.06. The number of halogens is 2. The maximum atomic E-state index is 13.1. The molecule has 0 aromatic heterocycles. The Kier molecular flexibility index (Phi) is 3.88. The van der Waals surface area contributed by atoms with Gasteiger partial charge in [0.25, 0.3) is 0 Å². The number of benzene rings is 1. The van der Waals surface area contributed by atoms with E-state index in [-0.39, 0.29) is 5.69 Å². The lowest BCUT2D eigenvalue weighted by Crippen LogP contribution is -2.20. The van der Waals surface area contributed by atoms with Gasteiger partial charge in [0.05, 0.1) is 11.4 Å². The largest absolute Gasteiger partial charge is 0.395 e. The van der Waals surface area contributed by atoms with Crippen LogP contribution in [-0.4, -0.2) is 13.6 Å². The van der Waals surface area contributed by atoms with E-state index in [1.165, 1.54) is 6.07 Å². The molecular weight excluding hydrogens is 198 g/mol. The Morgan fingerprint density at radius 1 is 1.33 bits per heavy atom. The average molecular weight is 214 g/mol. The second kappa shape index (κ2) is 4.96. The van der Waals surface area contributed by atoms with E-state index in [9.17, 15) is 8.78 Å². The molecule has 15 heavy (non-hydrogen) atoms. The standard InChI is InChI=1S/C11H16F2N2/c1-3-4-5-15(2)10-7-8(12)6-9(13)11(10)14/h6-7H,3-5,14H2,1-2H3. The zero-order valence-electron chi connectivity index (χ0n) is 9.06. The minimum absolute atomic E-state index is 0.00926. The first kappa shape index (κ1) is 11.8. The van der Waals surface area contributed by atoms with Crippen LogP contribution in [-0.2, 0) is 0 Å². The molecule has 2 nitrogen and oxygen atoms in total. The molecule has 1 aromatic rings. The van der Waals surface area contributed by atoms with Gasteiger partial charge in [-0.2, -0.15) is 0 Å². The SMILES string of the molecule is CCCCN(C)c1cc(F)cc(F)c1N. The number of unbranched alkanes of at least 4 members (excludes halogenated alkanes) is 1. The van der Waals surface area contributed by atoms with Crippen molar-refractivity contribution in [1.29, 1.82) is 0 Å². The Bertz CT molecular complexity index is 340. The van der Waals surface area contributed by atoms with Crippen LogP contribution in [0.2, 0.25) is 0 Å². The van der Waals surface area contributed by atoms with Crippen LogP contribution in [0.1, 0.15) is 19.8 Å². The van der Waals surface area contributed by atoms with Gasteiger partial charge in [-0.15, -0.1) is 0 Å². The Balaban J connectivity index is 2.92. The normalized spacial score (nSPS) is 10.4. The van der Waals surface area contributed by atoms with E-state index < -0.39 is 11.6 Å². The van der Waals surface area contributed by atoms with Gasteiger partial charge >= 0.3 is 0 Å². The van der Waals surface area contributed by atoms with Crippen molar-refractivity contribution in [1.82, 2.24) is 0 Å². The molecule has 2 N–H and O–H groups in total. The van der Waals surface area contributed by atoms with Crippen molar-refractivity contribution in [3.8, 4) is 0 Å². The fourth-order valence-electron chi connectivity index (χ4n) is 1.40. The van der Waals surface area contributed by atoms with Gasteiger partial charge in [-0.25, -0.2) is 8.78 Å². The smallest absolute Gasteiger partial charge is 0.151 e. The van der Waals surface area contributed by atoms with Crippen LogP contribution in [0, 0.1) is 11.6 Å². The van der Waals surface area contributed by atoms with E-state index in [1.54, 1.807) is 11.9 Å². The summed E-state index contributed by atoms with van der Waals surface area (Å²) >= 11 is 0. The molecule has 0 amide bonds. The summed E-state index contributed by atoms with van der Waals surface area (Å²) < 4.78 is 26.1. The summed E-state index contributed by atoms with van der Waals surface area (Å²) in [4.78, 5) is 1.77. The first-order chi connectivity index (χ1) is 7.06. The monoisotopic (exact) mass is 214 g/mol. The molecule has 0 heterocycles. The molecule has 0 aliphatic rings. The molecule has 0 unspecified atom stereocenters. The number of nitrogens with zero attached hydrogens (tertiary/aromatic N) is 1. The maximum Gasteiger partial charge on any atom is 0.151 e. The third-order valence-electron chi connectivity index (χ3n) is 2.33. The third-order valence-corrected chi connectivity index (χ3v) is 2.33. The van der Waals surface area contributed by atoms with Crippen LogP contribution in [0.25, 0.3) is 0 Å². The van der Waals surface area contributed by atoms with E-state index in [1.807, 2.05) is 0 Å². The van der Waals surface area contributed by atoms with E-state index >= 15 is 0 Å². The van der Waals surface area contributed by atoms with Crippen molar-refractivity contribution >= 4 is 11.4 Å². The van der Waals surface area contributed by atoms with Crippen molar-refractivity contribution in [3.05, 3.63) is 23.8 Å². The van der Waals surface area contributed by atoms with Crippen LogP contribution >= 0.6 is 0 Å². The molecule has 0 radical (unpaired) electrons. The lowest BCUT2D eigenvalue weighted by Gasteiger charge is -2.21. The fourth-order valence-corrected chi connectivity index (χ4v) is 1.40. The Labute approximate surface area is 88.7 Å². The van der Waals surface area contributed by atoms with Crippen molar-refractivity contribution in [2.75, 3.05) is 24.2 Å². The number of nitrogen functional groups attached to an aromatic ring is 1. The predicted molar refractivity (Wildman–Crippen MR) is 58.9 cm³/mol. The minimum atomic E-state index is -0.701. The number of hydrogen-bond acceptors (Lipinski definition) is 2. The van der Waals surface area contributed by atoms with Gasteiger partial charge in [0.1, 0.15) is 5.82 Å². The number of nitrogens with two attached hydrogens (primary N) is 1. The molecule has 0 saturated heterocycles. The molecular formula is C11H16F2N2. The molecule has 0 atom stereocenters. The van der Waals surface area contributed by atoms with Gasteiger partial charge < -0.3 is 10.6 Å². The second-order valence-electron chi connectivity index (χ2n) is 3.60. The summed E-state index contributed by atoms with van der Waals surface area (Å²) in [6, 6.07) is 2.06. The van der Waals surface area contributed by atoms with E-state index in [0.29, 0.717) is 5.69 Å². The van der Waals surface area contributed by atoms with Gasteiger partial charge in [0.2, 0.25) is 0 Å². The Morgan fingerprint density at radius 2 is 2.00 bits per heavy atom. The Hall–Kier alpha value is -1.32. The van der Waals surface area contributed by atoms with Crippen LogP contribution < -0.4 is 10.6 Å². The van der Waals surface area contributed by atoms with Crippen LogP contribution in [0.3, 0.4) is 0 Å². The van der Waals surface area contributed by atoms with Crippen LogP contribution in [0.15, 0.2) is 12.1 Å². The summed E-state index contributed by atoms with van der Waals surface area (Å²) in [6.45, 7) is 2.80. The highest BCUT2D eigenvalue weighted by Gasteiger charge is 2.11. The highest BCUT2D eigenvalue weighted by Crippen LogP contribution is 2.26. The lowest BCUT2D eigenvalue weighted by atomic mass is 10.2. The van der Waals surface area contributed by atoms with Crippen molar-refractivity contribution in [2.24, 2.45) is 0 Å². The summed E-state index contributed by atoms with van der Waals surface area (Å²) in [5, 5.41) is 0. The number of anilines is 2. The number of hydrogen-bond donors (Lipinski definition) is 1. The quantitative estimate of drug-likeness (QED) is 0.781. The zero-order chi connectivity index (χ0) is 11.4. The predicted octanol–water partition coefficient (Wildman–Crippen LogP) is 2.78. The highest BCUT2D eigenvalue weighted by atomic mass is 19.1. The van der Waals surface area contributed by atoms with Gasteiger partial charge in [-0.05, 0) is 12.5 Å². The van der Waals surface area contributed by atoms with Gasteiger partial charge in [0.15, 0.2) is 5.82 Å². The summed E-state index contributed by atoms with van der Waals surface area (Å²) in [6.07, 6.45) is 2.00. The first-order valence-corrected chi connectivity index (χ1v) is 5.02. The number of rotatable bonds is 4. The van der Waals surface area contributed by atoms with E-state index in [4.69, 9.17) is 5.73 Å². The highest BCUT2D eigenvalue weighted by molar-refractivity contribution is 5.67. The molecule has 0 aliphatic carbocycles. The molecule has 0 bridgehead atoms. The van der Waals surface area contributed by atoms with Crippen molar-refractivity contribution in [3.63, 3.8) is 0 Å². The summed E-state index contributed by atoms with van der Waals surface area (Å²) in [5.41, 5.74) is 5.97. The average Bonchev–Trinajstić information content (AvgIpc) is 2.19. The minimum Gasteiger partial charge on any atom is -0.395 e. The maximum absolute atomic E-state index is 13.1.